The van der Waals surface area contributed by atoms with Gasteiger partial charge in [-0.3, -0.25) is 0 Å². The van der Waals surface area contributed by atoms with E-state index in [1.165, 1.54) is 4.90 Å². The van der Waals surface area contributed by atoms with Gasteiger partial charge in [0.05, 0.1) is 6.61 Å². The van der Waals surface area contributed by atoms with Gasteiger partial charge in [-0.1, -0.05) is 24.3 Å². The van der Waals surface area contributed by atoms with E-state index < -0.39 is 0 Å². The first-order valence-electron chi connectivity index (χ1n) is 3.78. The van der Waals surface area contributed by atoms with Crippen molar-refractivity contribution >= 4 is 17.8 Å². The Morgan fingerprint density at radius 3 is 3.00 bits per heavy atom. The molecule has 0 fully saturated rings. The zero-order chi connectivity index (χ0) is 8.81. The number of benzene rings is 1. The van der Waals surface area contributed by atoms with Crippen molar-refractivity contribution in [3.05, 3.63) is 35.9 Å². The summed E-state index contributed by atoms with van der Waals surface area (Å²) in [5.41, 5.74) is 1.14. The highest BCUT2D eigenvalue weighted by Gasteiger charge is 1.89. The fourth-order valence-electron chi connectivity index (χ4n) is 0.934. The van der Waals surface area contributed by atoms with E-state index in [9.17, 15) is 0 Å². The average Bonchev–Trinajstić information content (AvgIpc) is 2.15. The van der Waals surface area contributed by atoms with E-state index in [4.69, 9.17) is 5.11 Å². The first-order chi connectivity index (χ1) is 5.86. The van der Waals surface area contributed by atoms with Crippen LogP contribution >= 0.6 is 11.8 Å². The van der Waals surface area contributed by atoms with Crippen LogP contribution in [0.5, 0.6) is 0 Å². The molecule has 0 saturated heterocycles. The van der Waals surface area contributed by atoms with Gasteiger partial charge in [-0.05, 0) is 24.0 Å². The van der Waals surface area contributed by atoms with Crippen LogP contribution in [0.3, 0.4) is 0 Å². The summed E-state index contributed by atoms with van der Waals surface area (Å²) in [5, 5.41) is 8.56. The zero-order valence-electron chi connectivity index (χ0n) is 7.03. The predicted octanol–water partition coefficient (Wildman–Crippen LogP) is 2.41. The van der Waals surface area contributed by atoms with Gasteiger partial charge >= 0.3 is 0 Å². The molecule has 0 spiro atoms. The number of aliphatic hydroxyl groups is 1. The minimum absolute atomic E-state index is 0.101. The van der Waals surface area contributed by atoms with Crippen LogP contribution in [0.4, 0.5) is 0 Å². The van der Waals surface area contributed by atoms with E-state index in [0.29, 0.717) is 0 Å². The molecule has 0 bridgehead atoms. The third-order valence-electron chi connectivity index (χ3n) is 1.51. The molecule has 1 aromatic carbocycles. The molecule has 12 heavy (non-hydrogen) atoms. The second kappa shape index (κ2) is 5.01. The van der Waals surface area contributed by atoms with Crippen molar-refractivity contribution in [2.24, 2.45) is 0 Å². The van der Waals surface area contributed by atoms with E-state index >= 15 is 0 Å². The molecule has 0 aliphatic carbocycles. The van der Waals surface area contributed by atoms with Crippen LogP contribution in [-0.2, 0) is 0 Å². The third-order valence-corrected chi connectivity index (χ3v) is 2.23. The monoisotopic (exact) mass is 180 g/mol. The van der Waals surface area contributed by atoms with Crippen molar-refractivity contribution in [2.75, 3.05) is 12.9 Å². The topological polar surface area (TPSA) is 20.2 Å². The molecule has 0 aliphatic heterocycles. The molecule has 64 valence electrons. The van der Waals surface area contributed by atoms with Crippen LogP contribution in [0.2, 0.25) is 0 Å². The van der Waals surface area contributed by atoms with Crippen molar-refractivity contribution in [3.63, 3.8) is 0 Å². The second-order valence-corrected chi connectivity index (χ2v) is 3.24. The van der Waals surface area contributed by atoms with Gasteiger partial charge in [0.1, 0.15) is 0 Å². The first kappa shape index (κ1) is 9.36. The number of hydrogen-bond donors (Lipinski definition) is 1. The third kappa shape index (κ3) is 2.72. The highest BCUT2D eigenvalue weighted by atomic mass is 32.2. The second-order valence-electron chi connectivity index (χ2n) is 2.36. The summed E-state index contributed by atoms with van der Waals surface area (Å²) < 4.78 is 0. The summed E-state index contributed by atoms with van der Waals surface area (Å²) in [4.78, 5) is 1.25. The van der Waals surface area contributed by atoms with Gasteiger partial charge in [-0.2, -0.15) is 0 Å². The van der Waals surface area contributed by atoms with Crippen LogP contribution in [0, 0.1) is 0 Å². The molecular weight excluding hydrogens is 168 g/mol. The Bertz CT molecular complexity index is 268. The number of aliphatic hydroxyl groups excluding tert-OH is 1. The molecule has 1 nitrogen and oxygen atoms in total. The molecule has 1 aromatic rings. The van der Waals surface area contributed by atoms with Crippen molar-refractivity contribution in [2.45, 2.75) is 4.90 Å². The fourth-order valence-corrected chi connectivity index (χ4v) is 1.40. The number of thioether (sulfide) groups is 1. The van der Waals surface area contributed by atoms with E-state index in [0.717, 1.165) is 5.56 Å². The molecule has 0 unspecified atom stereocenters. The maximum Gasteiger partial charge on any atom is 0.0615 e. The van der Waals surface area contributed by atoms with Crippen LogP contribution in [0.25, 0.3) is 6.08 Å². The Hall–Kier alpha value is -0.730. The van der Waals surface area contributed by atoms with Crippen molar-refractivity contribution < 1.29 is 5.11 Å². The lowest BCUT2D eigenvalue weighted by Gasteiger charge is -1.96. The van der Waals surface area contributed by atoms with Crippen LogP contribution in [-0.4, -0.2) is 18.0 Å². The highest BCUT2D eigenvalue weighted by Crippen LogP contribution is 2.16. The SMILES string of the molecule is CSc1cccc(C=CCO)c1. The molecule has 1 N–H and O–H groups in total. The molecule has 0 saturated carbocycles. The molecule has 0 heterocycles. The highest BCUT2D eigenvalue weighted by molar-refractivity contribution is 7.98. The minimum Gasteiger partial charge on any atom is -0.392 e. The molecule has 0 aromatic heterocycles. The Morgan fingerprint density at radius 1 is 1.50 bits per heavy atom. The largest absolute Gasteiger partial charge is 0.392 e. The summed E-state index contributed by atoms with van der Waals surface area (Å²) in [5.74, 6) is 0. The van der Waals surface area contributed by atoms with Crippen molar-refractivity contribution in [1.29, 1.82) is 0 Å². The van der Waals surface area contributed by atoms with Crippen molar-refractivity contribution in [3.8, 4) is 0 Å². The van der Waals surface area contributed by atoms with E-state index in [-0.39, 0.29) is 6.61 Å². The van der Waals surface area contributed by atoms with Gasteiger partial charge in [-0.25, -0.2) is 0 Å². The maximum atomic E-state index is 8.56. The lowest BCUT2D eigenvalue weighted by atomic mass is 10.2. The Balaban J connectivity index is 2.79. The molecule has 0 aliphatic rings. The smallest absolute Gasteiger partial charge is 0.0615 e. The Kier molecular flexibility index (Phi) is 3.91. The Labute approximate surface area is 77.1 Å². The minimum atomic E-state index is 0.101. The van der Waals surface area contributed by atoms with Crippen molar-refractivity contribution in [1.82, 2.24) is 0 Å². The van der Waals surface area contributed by atoms with Gasteiger partial charge < -0.3 is 5.11 Å². The van der Waals surface area contributed by atoms with E-state index in [1.54, 1.807) is 17.8 Å². The van der Waals surface area contributed by atoms with Crippen LogP contribution in [0.15, 0.2) is 35.2 Å². The average molecular weight is 180 g/mol. The lowest BCUT2D eigenvalue weighted by Crippen LogP contribution is -1.75. The van der Waals surface area contributed by atoms with Gasteiger partial charge in [0.15, 0.2) is 0 Å². The van der Waals surface area contributed by atoms with Crippen LogP contribution < -0.4 is 0 Å². The summed E-state index contributed by atoms with van der Waals surface area (Å²) >= 11 is 1.72. The zero-order valence-corrected chi connectivity index (χ0v) is 7.84. The molecule has 0 radical (unpaired) electrons. The number of rotatable bonds is 3. The van der Waals surface area contributed by atoms with Crippen LogP contribution in [0.1, 0.15) is 5.56 Å². The van der Waals surface area contributed by atoms with Gasteiger partial charge in [0, 0.05) is 4.90 Å². The van der Waals surface area contributed by atoms with E-state index in [2.05, 4.69) is 18.4 Å². The fraction of sp³-hybridized carbons (Fsp3) is 0.200. The quantitative estimate of drug-likeness (QED) is 0.721. The molecule has 0 atom stereocenters. The molecule has 2 heteroatoms. The summed E-state index contributed by atoms with van der Waals surface area (Å²) in [6.45, 7) is 0.101. The standard InChI is InChI=1S/C10H12OS/c1-12-10-6-2-4-9(8-10)5-3-7-11/h2-6,8,11H,7H2,1H3. The van der Waals surface area contributed by atoms with Gasteiger partial charge in [0.25, 0.3) is 0 Å². The molecular formula is C10H12OS. The predicted molar refractivity (Wildman–Crippen MR) is 54.3 cm³/mol. The lowest BCUT2D eigenvalue weighted by molar-refractivity contribution is 0.343. The van der Waals surface area contributed by atoms with E-state index in [1.807, 2.05) is 18.2 Å². The summed E-state index contributed by atoms with van der Waals surface area (Å²) in [7, 11) is 0. The normalized spacial score (nSPS) is 10.8. The summed E-state index contributed by atoms with van der Waals surface area (Å²) in [6, 6.07) is 8.20. The first-order valence-corrected chi connectivity index (χ1v) is 5.00. The number of hydrogen-bond acceptors (Lipinski definition) is 2. The summed E-state index contributed by atoms with van der Waals surface area (Å²) in [6.07, 6.45) is 5.70. The van der Waals surface area contributed by atoms with Gasteiger partial charge in [0.2, 0.25) is 0 Å². The molecule has 0 amide bonds. The maximum absolute atomic E-state index is 8.56. The Morgan fingerprint density at radius 2 is 2.33 bits per heavy atom. The van der Waals surface area contributed by atoms with Gasteiger partial charge in [-0.15, -0.1) is 11.8 Å². The molecule has 1 rings (SSSR count).